The minimum atomic E-state index is -3.01. The van der Waals surface area contributed by atoms with Gasteiger partial charge in [0, 0.05) is 23.5 Å². The van der Waals surface area contributed by atoms with Gasteiger partial charge in [-0.25, -0.2) is 0 Å². The molecule has 0 saturated carbocycles. The van der Waals surface area contributed by atoms with Gasteiger partial charge in [0.2, 0.25) is 0 Å². The first-order valence-corrected chi connectivity index (χ1v) is 11.0. The molecule has 27 heavy (non-hydrogen) atoms. The lowest BCUT2D eigenvalue weighted by Gasteiger charge is -2.33. The number of benzene rings is 3. The Balaban J connectivity index is 1.86. The summed E-state index contributed by atoms with van der Waals surface area (Å²) in [6, 6.07) is 28.8. The van der Waals surface area contributed by atoms with E-state index in [9.17, 15) is 9.36 Å². The smallest absolute Gasteiger partial charge is 0.306 e. The molecule has 3 nitrogen and oxygen atoms in total. The van der Waals surface area contributed by atoms with E-state index in [-0.39, 0.29) is 12.1 Å². The molecule has 1 aliphatic heterocycles. The van der Waals surface area contributed by atoms with E-state index in [0.717, 1.165) is 16.2 Å². The van der Waals surface area contributed by atoms with E-state index in [1.807, 2.05) is 91.0 Å². The summed E-state index contributed by atoms with van der Waals surface area (Å²) in [4.78, 5) is 12.1. The van der Waals surface area contributed by atoms with Gasteiger partial charge in [-0.15, -0.1) is 0 Å². The van der Waals surface area contributed by atoms with Gasteiger partial charge in [-0.3, -0.25) is 4.79 Å². The third-order valence-corrected chi connectivity index (χ3v) is 8.39. The number of rotatable bonds is 5. The zero-order chi connectivity index (χ0) is 18.7. The topological polar surface area (TPSA) is 43.4 Å². The van der Waals surface area contributed by atoms with Crippen molar-refractivity contribution in [3.05, 3.63) is 96.6 Å². The van der Waals surface area contributed by atoms with Crippen LogP contribution in [0.5, 0.6) is 0 Å². The van der Waals surface area contributed by atoms with E-state index in [1.165, 1.54) is 0 Å². The van der Waals surface area contributed by atoms with Crippen LogP contribution in [0.25, 0.3) is 0 Å². The number of hydrogen-bond donors (Lipinski definition) is 0. The van der Waals surface area contributed by atoms with E-state index < -0.39 is 12.7 Å². The van der Waals surface area contributed by atoms with E-state index in [2.05, 4.69) is 0 Å². The summed E-state index contributed by atoms with van der Waals surface area (Å²) in [7, 11) is -3.01. The molecule has 136 valence electrons. The van der Waals surface area contributed by atoms with Gasteiger partial charge in [0.05, 0.1) is 6.16 Å². The lowest BCUT2D eigenvalue weighted by molar-refractivity contribution is -0.147. The van der Waals surface area contributed by atoms with Crippen LogP contribution in [0.4, 0.5) is 0 Å². The van der Waals surface area contributed by atoms with Crippen molar-refractivity contribution in [1.29, 1.82) is 0 Å². The second-order valence-electron chi connectivity index (χ2n) is 6.90. The molecular formula is C23H21O3P. The van der Waals surface area contributed by atoms with Gasteiger partial charge in [-0.05, 0) is 5.56 Å². The van der Waals surface area contributed by atoms with Crippen molar-refractivity contribution in [2.45, 2.75) is 18.4 Å². The van der Waals surface area contributed by atoms with Crippen LogP contribution in [-0.4, -0.2) is 12.1 Å². The maximum atomic E-state index is 14.5. The largest absolute Gasteiger partial charge is 0.454 e. The summed E-state index contributed by atoms with van der Waals surface area (Å²) in [6.45, 7) is 0. The van der Waals surface area contributed by atoms with Crippen LogP contribution in [-0.2, 0) is 19.7 Å². The Morgan fingerprint density at radius 2 is 1.26 bits per heavy atom. The van der Waals surface area contributed by atoms with Crippen molar-refractivity contribution in [2.75, 3.05) is 6.16 Å². The third kappa shape index (κ3) is 3.36. The van der Waals surface area contributed by atoms with Crippen molar-refractivity contribution >= 4 is 23.7 Å². The number of esters is 1. The van der Waals surface area contributed by atoms with Crippen molar-refractivity contribution < 1.29 is 14.1 Å². The molecule has 0 amide bonds. The Morgan fingerprint density at radius 1 is 0.778 bits per heavy atom. The Morgan fingerprint density at radius 3 is 1.70 bits per heavy atom. The number of carbonyl (C=O) groups is 1. The van der Waals surface area contributed by atoms with Gasteiger partial charge in [-0.2, -0.15) is 0 Å². The molecule has 1 atom stereocenters. The van der Waals surface area contributed by atoms with Crippen LogP contribution in [0, 0.1) is 0 Å². The van der Waals surface area contributed by atoms with E-state index in [1.54, 1.807) is 0 Å². The highest BCUT2D eigenvalue weighted by atomic mass is 31.2. The molecule has 0 N–H and O–H groups in total. The molecular weight excluding hydrogens is 355 g/mol. The molecule has 1 aliphatic rings. The molecule has 1 fully saturated rings. The summed E-state index contributed by atoms with van der Waals surface area (Å²) < 4.78 is 20.3. The summed E-state index contributed by atoms with van der Waals surface area (Å²) in [6.07, 6.45) is 1.15. The molecule has 4 rings (SSSR count). The predicted octanol–water partition coefficient (Wildman–Crippen LogP) is 4.23. The summed E-state index contributed by atoms with van der Waals surface area (Å²) >= 11 is 0. The summed E-state index contributed by atoms with van der Waals surface area (Å²) in [5.41, 5.74) is 0.0439. The first kappa shape index (κ1) is 17.8. The maximum Gasteiger partial charge on any atom is 0.306 e. The lowest BCUT2D eigenvalue weighted by atomic mass is 9.93. The molecule has 0 aromatic heterocycles. The molecule has 0 radical (unpaired) electrons. The van der Waals surface area contributed by atoms with Crippen LogP contribution in [0.2, 0.25) is 0 Å². The minimum absolute atomic E-state index is 0.230. The van der Waals surface area contributed by atoms with Crippen molar-refractivity contribution in [2.24, 2.45) is 0 Å². The van der Waals surface area contributed by atoms with Gasteiger partial charge in [0.1, 0.15) is 12.7 Å². The molecule has 0 aliphatic carbocycles. The van der Waals surface area contributed by atoms with Crippen LogP contribution >= 0.6 is 7.14 Å². The Labute approximate surface area is 159 Å². The number of carbonyl (C=O) groups excluding carboxylic acids is 1. The summed E-state index contributed by atoms with van der Waals surface area (Å²) in [5, 5.41) is 1.57. The average Bonchev–Trinajstić information content (AvgIpc) is 3.11. The standard InChI is InChI=1S/C23H21O3P/c24-22-16-17-23(26-22,19-10-4-1-5-11-19)18-27(25,20-12-6-2-7-13-20)21-14-8-3-9-15-21/h1-15H,16-18H2. The van der Waals surface area contributed by atoms with Gasteiger partial charge < -0.3 is 9.30 Å². The van der Waals surface area contributed by atoms with Gasteiger partial charge in [-0.1, -0.05) is 91.0 Å². The van der Waals surface area contributed by atoms with Crippen LogP contribution in [0.3, 0.4) is 0 Å². The molecule has 1 heterocycles. The Kier molecular flexibility index (Phi) is 4.72. The average molecular weight is 376 g/mol. The molecule has 1 unspecified atom stereocenters. The van der Waals surface area contributed by atoms with Gasteiger partial charge >= 0.3 is 5.97 Å². The highest BCUT2D eigenvalue weighted by Gasteiger charge is 2.48. The number of ether oxygens (including phenoxy) is 1. The fourth-order valence-corrected chi connectivity index (χ4v) is 6.90. The van der Waals surface area contributed by atoms with E-state index >= 15 is 0 Å². The second kappa shape index (κ2) is 7.17. The number of hydrogen-bond acceptors (Lipinski definition) is 3. The first-order chi connectivity index (χ1) is 13.1. The lowest BCUT2D eigenvalue weighted by Crippen LogP contribution is -2.34. The predicted molar refractivity (Wildman–Crippen MR) is 108 cm³/mol. The fraction of sp³-hybridized carbons (Fsp3) is 0.174. The fourth-order valence-electron chi connectivity index (χ4n) is 3.80. The number of cyclic esters (lactones) is 1. The summed E-state index contributed by atoms with van der Waals surface area (Å²) in [5.74, 6) is -0.230. The van der Waals surface area contributed by atoms with E-state index in [0.29, 0.717) is 12.8 Å². The Hall–Kier alpha value is -2.64. The maximum absolute atomic E-state index is 14.5. The van der Waals surface area contributed by atoms with Gasteiger partial charge in [0.25, 0.3) is 0 Å². The second-order valence-corrected chi connectivity index (χ2v) is 9.73. The van der Waals surface area contributed by atoms with E-state index in [4.69, 9.17) is 4.74 Å². The van der Waals surface area contributed by atoms with Crippen LogP contribution < -0.4 is 10.6 Å². The third-order valence-electron chi connectivity index (χ3n) is 5.17. The molecule has 3 aromatic carbocycles. The quantitative estimate of drug-likeness (QED) is 0.494. The van der Waals surface area contributed by atoms with Crippen LogP contribution in [0.1, 0.15) is 18.4 Å². The Bertz CT molecular complexity index is 927. The molecule has 0 bridgehead atoms. The molecule has 3 aromatic rings. The van der Waals surface area contributed by atoms with Crippen molar-refractivity contribution in [3.8, 4) is 0 Å². The van der Waals surface area contributed by atoms with Crippen LogP contribution in [0.15, 0.2) is 91.0 Å². The monoisotopic (exact) mass is 376 g/mol. The van der Waals surface area contributed by atoms with Crippen molar-refractivity contribution in [1.82, 2.24) is 0 Å². The SMILES string of the molecule is O=C1CCC(CP(=O)(c2ccccc2)c2ccccc2)(c2ccccc2)O1. The van der Waals surface area contributed by atoms with Crippen molar-refractivity contribution in [3.63, 3.8) is 0 Å². The first-order valence-electron chi connectivity index (χ1n) is 9.10. The highest BCUT2D eigenvalue weighted by Crippen LogP contribution is 2.52. The minimum Gasteiger partial charge on any atom is -0.454 e. The highest BCUT2D eigenvalue weighted by molar-refractivity contribution is 7.78. The molecule has 0 spiro atoms. The molecule has 4 heteroatoms. The zero-order valence-electron chi connectivity index (χ0n) is 15.0. The molecule has 1 saturated heterocycles. The zero-order valence-corrected chi connectivity index (χ0v) is 15.8. The normalized spacial score (nSPS) is 19.6. The van der Waals surface area contributed by atoms with Gasteiger partial charge in [0.15, 0.2) is 0 Å².